The van der Waals surface area contributed by atoms with E-state index in [9.17, 15) is 9.59 Å². The summed E-state index contributed by atoms with van der Waals surface area (Å²) in [6, 6.07) is 15.6. The van der Waals surface area contributed by atoms with Crippen LogP contribution in [0.3, 0.4) is 0 Å². The maximum atomic E-state index is 12.8. The minimum absolute atomic E-state index is 0.0186. The molecule has 3 rings (SSSR count). The van der Waals surface area contributed by atoms with Crippen molar-refractivity contribution in [3.05, 3.63) is 59.1 Å². The Bertz CT molecular complexity index is 802. The largest absolute Gasteiger partial charge is 0.353 e. The predicted molar refractivity (Wildman–Crippen MR) is 109 cm³/mol. The topological polar surface area (TPSA) is 49.4 Å². The number of benzene rings is 2. The first kappa shape index (κ1) is 19.4. The molecule has 1 N–H and O–H groups in total. The summed E-state index contributed by atoms with van der Waals surface area (Å²) in [6.45, 7) is 1.85. The molecule has 0 spiro atoms. The molecule has 0 aliphatic heterocycles. The molecule has 2 aromatic carbocycles. The van der Waals surface area contributed by atoms with E-state index in [2.05, 4.69) is 5.32 Å². The molecule has 5 heteroatoms. The molecule has 1 fully saturated rings. The number of carbonyl (C=O) groups excluding carboxylic acids is 2. The zero-order valence-electron chi connectivity index (χ0n) is 15.7. The quantitative estimate of drug-likeness (QED) is 0.823. The summed E-state index contributed by atoms with van der Waals surface area (Å²) >= 11 is 5.94. The highest BCUT2D eigenvalue weighted by molar-refractivity contribution is 6.30. The molecular weight excluding hydrogens is 360 g/mol. The molecule has 1 saturated carbocycles. The normalized spacial score (nSPS) is 18.9. The molecule has 0 aromatic heterocycles. The Hall–Kier alpha value is -2.33. The van der Waals surface area contributed by atoms with Crippen LogP contribution in [0, 0.1) is 0 Å². The molecule has 2 aromatic rings. The summed E-state index contributed by atoms with van der Waals surface area (Å²) < 4.78 is 0. The number of nitrogens with one attached hydrogen (secondary N) is 1. The van der Waals surface area contributed by atoms with Gasteiger partial charge in [-0.25, -0.2) is 0 Å². The summed E-state index contributed by atoms with van der Waals surface area (Å²) in [6.07, 6.45) is 3.15. The predicted octanol–water partition coefficient (Wildman–Crippen LogP) is 4.53. The summed E-state index contributed by atoms with van der Waals surface area (Å²) in [5.74, 6) is 0.0949. The van der Waals surface area contributed by atoms with Crippen LogP contribution in [0.2, 0.25) is 5.02 Å². The molecule has 142 valence electrons. The molecular formula is C22H25ClN2O2. The van der Waals surface area contributed by atoms with Crippen LogP contribution in [0.15, 0.2) is 48.5 Å². The van der Waals surface area contributed by atoms with Gasteiger partial charge in [-0.15, -0.1) is 0 Å². The molecule has 0 bridgehead atoms. The van der Waals surface area contributed by atoms with E-state index in [1.807, 2.05) is 67.4 Å². The van der Waals surface area contributed by atoms with Gasteiger partial charge in [-0.05, 0) is 54.7 Å². The Balaban J connectivity index is 1.63. The van der Waals surface area contributed by atoms with Crippen LogP contribution in [0.25, 0.3) is 11.1 Å². The second kappa shape index (κ2) is 8.57. The van der Waals surface area contributed by atoms with Gasteiger partial charge in [-0.3, -0.25) is 9.59 Å². The minimum atomic E-state index is 0.0186. The van der Waals surface area contributed by atoms with E-state index in [1.54, 1.807) is 0 Å². The summed E-state index contributed by atoms with van der Waals surface area (Å²) in [4.78, 5) is 26.2. The lowest BCUT2D eigenvalue weighted by Crippen LogP contribution is -2.38. The number of halogens is 1. The highest BCUT2D eigenvalue weighted by Gasteiger charge is 2.30. The average molecular weight is 385 g/mol. The van der Waals surface area contributed by atoms with Crippen molar-refractivity contribution >= 4 is 23.4 Å². The maximum Gasteiger partial charge on any atom is 0.253 e. The van der Waals surface area contributed by atoms with Crippen molar-refractivity contribution in [1.82, 2.24) is 10.2 Å². The van der Waals surface area contributed by atoms with Crippen LogP contribution in [0.5, 0.6) is 0 Å². The van der Waals surface area contributed by atoms with Gasteiger partial charge in [-0.2, -0.15) is 0 Å². The van der Waals surface area contributed by atoms with Gasteiger partial charge in [0.2, 0.25) is 5.91 Å². The zero-order valence-corrected chi connectivity index (χ0v) is 16.5. The van der Waals surface area contributed by atoms with Crippen molar-refractivity contribution in [2.45, 2.75) is 44.7 Å². The molecule has 0 radical (unpaired) electrons. The number of carbonyl (C=O) groups is 2. The second-order valence-electron chi connectivity index (χ2n) is 7.09. The Morgan fingerprint density at radius 3 is 2.22 bits per heavy atom. The Labute approximate surface area is 165 Å². The lowest BCUT2D eigenvalue weighted by Gasteiger charge is -2.25. The summed E-state index contributed by atoms with van der Waals surface area (Å²) in [7, 11) is 1.85. The number of nitrogens with zero attached hydrogens (tertiary/aromatic N) is 1. The number of hydrogen-bond donors (Lipinski definition) is 1. The zero-order chi connectivity index (χ0) is 19.4. The van der Waals surface area contributed by atoms with E-state index in [-0.39, 0.29) is 23.9 Å². The maximum absolute atomic E-state index is 12.8. The van der Waals surface area contributed by atoms with Crippen molar-refractivity contribution in [2.24, 2.45) is 0 Å². The Morgan fingerprint density at radius 1 is 1.04 bits per heavy atom. The monoisotopic (exact) mass is 384 g/mol. The fraction of sp³-hybridized carbons (Fsp3) is 0.364. The van der Waals surface area contributed by atoms with Gasteiger partial charge < -0.3 is 10.2 Å². The fourth-order valence-electron chi connectivity index (χ4n) is 3.59. The molecule has 2 amide bonds. The number of hydrogen-bond acceptors (Lipinski definition) is 2. The van der Waals surface area contributed by atoms with Crippen molar-refractivity contribution in [3.8, 4) is 11.1 Å². The van der Waals surface area contributed by atoms with Gasteiger partial charge in [0.1, 0.15) is 0 Å². The van der Waals surface area contributed by atoms with E-state index in [0.717, 1.165) is 30.4 Å². The van der Waals surface area contributed by atoms with Crippen LogP contribution in [0.4, 0.5) is 0 Å². The second-order valence-corrected chi connectivity index (χ2v) is 7.52. The molecule has 4 nitrogen and oxygen atoms in total. The number of amides is 2. The van der Waals surface area contributed by atoms with Crippen molar-refractivity contribution in [1.29, 1.82) is 0 Å². The molecule has 1 aliphatic carbocycles. The molecule has 0 heterocycles. The first-order valence-electron chi connectivity index (χ1n) is 9.40. The van der Waals surface area contributed by atoms with Crippen molar-refractivity contribution < 1.29 is 9.59 Å². The third-order valence-electron chi connectivity index (χ3n) is 5.27. The first-order chi connectivity index (χ1) is 13.0. The van der Waals surface area contributed by atoms with Gasteiger partial charge >= 0.3 is 0 Å². The molecule has 27 heavy (non-hydrogen) atoms. The van der Waals surface area contributed by atoms with Gasteiger partial charge in [0.15, 0.2) is 0 Å². The molecule has 2 unspecified atom stereocenters. The molecule has 0 saturated heterocycles. The molecule has 1 aliphatic rings. The third-order valence-corrected chi connectivity index (χ3v) is 5.52. The first-order valence-corrected chi connectivity index (χ1v) is 9.78. The van der Waals surface area contributed by atoms with Crippen LogP contribution in [-0.2, 0) is 4.79 Å². The lowest BCUT2D eigenvalue weighted by atomic mass is 10.0. The Kier molecular flexibility index (Phi) is 6.17. The third kappa shape index (κ3) is 4.69. The number of rotatable bonds is 5. The van der Waals surface area contributed by atoms with E-state index in [0.29, 0.717) is 17.0 Å². The van der Waals surface area contributed by atoms with Crippen LogP contribution in [0.1, 0.15) is 43.0 Å². The standard InChI is InChI=1S/C22H25ClN2O2/c1-3-21(26)24-19-12-13-20(14-19)25(2)22(27)17-6-4-15(5-7-17)16-8-10-18(23)11-9-16/h4-11,19-20H,3,12-14H2,1-2H3,(H,24,26). The highest BCUT2D eigenvalue weighted by atomic mass is 35.5. The summed E-state index contributed by atoms with van der Waals surface area (Å²) in [5.41, 5.74) is 2.79. The van der Waals surface area contributed by atoms with Gasteiger partial charge in [-0.1, -0.05) is 42.8 Å². The van der Waals surface area contributed by atoms with Crippen molar-refractivity contribution in [3.63, 3.8) is 0 Å². The van der Waals surface area contributed by atoms with Gasteiger partial charge in [0.25, 0.3) is 5.91 Å². The van der Waals surface area contributed by atoms with E-state index < -0.39 is 0 Å². The smallest absolute Gasteiger partial charge is 0.253 e. The fourth-order valence-corrected chi connectivity index (χ4v) is 3.71. The van der Waals surface area contributed by atoms with E-state index in [4.69, 9.17) is 11.6 Å². The van der Waals surface area contributed by atoms with Crippen LogP contribution < -0.4 is 5.32 Å². The SMILES string of the molecule is CCC(=O)NC1CCC(N(C)C(=O)c2ccc(-c3ccc(Cl)cc3)cc2)C1. The van der Waals surface area contributed by atoms with Crippen molar-refractivity contribution in [2.75, 3.05) is 7.05 Å². The van der Waals surface area contributed by atoms with E-state index in [1.165, 1.54) is 0 Å². The van der Waals surface area contributed by atoms with Crippen LogP contribution >= 0.6 is 11.6 Å². The molecule has 2 atom stereocenters. The Morgan fingerprint density at radius 2 is 1.63 bits per heavy atom. The van der Waals surface area contributed by atoms with Gasteiger partial charge in [0.05, 0.1) is 0 Å². The van der Waals surface area contributed by atoms with Gasteiger partial charge in [0, 0.05) is 36.1 Å². The average Bonchev–Trinajstić information content (AvgIpc) is 3.16. The highest BCUT2D eigenvalue weighted by Crippen LogP contribution is 2.26. The minimum Gasteiger partial charge on any atom is -0.353 e. The van der Waals surface area contributed by atoms with Crippen LogP contribution in [-0.4, -0.2) is 35.8 Å². The lowest BCUT2D eigenvalue weighted by molar-refractivity contribution is -0.121. The summed E-state index contributed by atoms with van der Waals surface area (Å²) in [5, 5.41) is 3.74. The van der Waals surface area contributed by atoms with E-state index >= 15 is 0 Å².